The van der Waals surface area contributed by atoms with E-state index in [1.54, 1.807) is 16.8 Å². The summed E-state index contributed by atoms with van der Waals surface area (Å²) in [7, 11) is 0. The Labute approximate surface area is 103 Å². The Hall–Kier alpha value is -2.17. The number of aryl methyl sites for hydroxylation is 1. The van der Waals surface area contributed by atoms with Gasteiger partial charge in [0, 0.05) is 29.2 Å². The molecule has 0 aliphatic heterocycles. The normalized spacial score (nSPS) is 10.8. The number of aromatic nitrogens is 1. The number of fused-ring (bicyclic) bond motifs is 1. The first kappa shape index (κ1) is 12.3. The molecule has 0 bridgehead atoms. The van der Waals surface area contributed by atoms with Crippen molar-refractivity contribution in [3.63, 3.8) is 0 Å². The predicted octanol–water partition coefficient (Wildman–Crippen LogP) is 2.46. The van der Waals surface area contributed by atoms with E-state index in [9.17, 15) is 14.0 Å². The Morgan fingerprint density at radius 1 is 1.39 bits per heavy atom. The van der Waals surface area contributed by atoms with Crippen LogP contribution in [0, 0.1) is 5.82 Å². The summed E-state index contributed by atoms with van der Waals surface area (Å²) in [6, 6.07) is 4.14. The van der Waals surface area contributed by atoms with Crippen molar-refractivity contribution in [3.8, 4) is 0 Å². The molecule has 18 heavy (non-hydrogen) atoms. The number of rotatable bonds is 4. The number of carboxylic acids is 1. The molecule has 0 amide bonds. The molecule has 0 saturated heterocycles. The van der Waals surface area contributed by atoms with Crippen LogP contribution in [0.3, 0.4) is 0 Å². The fourth-order valence-corrected chi connectivity index (χ4v) is 1.95. The smallest absolute Gasteiger partial charge is 0.305 e. The fourth-order valence-electron chi connectivity index (χ4n) is 1.95. The number of aliphatic carboxylic acids is 1. The van der Waals surface area contributed by atoms with E-state index < -0.39 is 11.8 Å². The second-order valence-corrected chi connectivity index (χ2v) is 4.10. The molecule has 5 heteroatoms. The Balaban J connectivity index is 2.54. The van der Waals surface area contributed by atoms with E-state index in [0.717, 1.165) is 0 Å². The summed E-state index contributed by atoms with van der Waals surface area (Å²) in [5, 5.41) is 9.19. The summed E-state index contributed by atoms with van der Waals surface area (Å²) in [5.41, 5.74) is 1.08. The molecule has 0 unspecified atom stereocenters. The number of hydrogen-bond donors (Lipinski definition) is 1. The summed E-state index contributed by atoms with van der Waals surface area (Å²) in [5.74, 6) is -1.50. The van der Waals surface area contributed by atoms with Gasteiger partial charge in [-0.15, -0.1) is 0 Å². The van der Waals surface area contributed by atoms with Crippen LogP contribution in [0.15, 0.2) is 24.4 Å². The zero-order chi connectivity index (χ0) is 13.3. The largest absolute Gasteiger partial charge is 0.481 e. The van der Waals surface area contributed by atoms with Crippen LogP contribution in [0.25, 0.3) is 10.9 Å². The van der Waals surface area contributed by atoms with Gasteiger partial charge in [-0.2, -0.15) is 0 Å². The van der Waals surface area contributed by atoms with Crippen molar-refractivity contribution < 1.29 is 19.1 Å². The molecule has 0 aliphatic rings. The van der Waals surface area contributed by atoms with Gasteiger partial charge in [-0.25, -0.2) is 4.39 Å². The monoisotopic (exact) mass is 249 g/mol. The molecular weight excluding hydrogens is 237 g/mol. The molecule has 1 heterocycles. The minimum atomic E-state index is -0.914. The molecule has 0 atom stereocenters. The maximum absolute atomic E-state index is 13.2. The molecule has 0 fully saturated rings. The van der Waals surface area contributed by atoms with E-state index in [1.807, 2.05) is 0 Å². The van der Waals surface area contributed by atoms with Gasteiger partial charge < -0.3 is 9.67 Å². The molecule has 1 aromatic carbocycles. The number of halogens is 1. The number of nitrogens with zero attached hydrogens (tertiary/aromatic N) is 1. The van der Waals surface area contributed by atoms with Crippen LogP contribution >= 0.6 is 0 Å². The van der Waals surface area contributed by atoms with Crippen molar-refractivity contribution in [2.24, 2.45) is 0 Å². The van der Waals surface area contributed by atoms with Crippen molar-refractivity contribution in [1.82, 2.24) is 4.57 Å². The highest BCUT2D eigenvalue weighted by Crippen LogP contribution is 2.23. The lowest BCUT2D eigenvalue weighted by Gasteiger charge is -2.02. The van der Waals surface area contributed by atoms with Gasteiger partial charge in [0.1, 0.15) is 5.82 Å². The minimum Gasteiger partial charge on any atom is -0.481 e. The lowest BCUT2D eigenvalue weighted by molar-refractivity contribution is -0.137. The van der Waals surface area contributed by atoms with E-state index in [4.69, 9.17) is 5.11 Å². The van der Waals surface area contributed by atoms with Gasteiger partial charge in [-0.1, -0.05) is 0 Å². The number of carboxylic acid groups (broad SMARTS) is 1. The molecule has 2 aromatic rings. The molecule has 0 aliphatic carbocycles. The maximum Gasteiger partial charge on any atom is 0.305 e. The highest BCUT2D eigenvalue weighted by Gasteiger charge is 2.13. The number of hydrogen-bond acceptors (Lipinski definition) is 2. The number of benzene rings is 1. The van der Waals surface area contributed by atoms with Crippen LogP contribution in [-0.2, 0) is 11.3 Å². The predicted molar refractivity (Wildman–Crippen MR) is 64.2 cm³/mol. The van der Waals surface area contributed by atoms with Gasteiger partial charge in [-0.3, -0.25) is 9.59 Å². The van der Waals surface area contributed by atoms with Crippen LogP contribution in [-0.4, -0.2) is 21.4 Å². The van der Waals surface area contributed by atoms with Crippen molar-refractivity contribution in [2.45, 2.75) is 19.9 Å². The van der Waals surface area contributed by atoms with Crippen molar-refractivity contribution >= 4 is 22.7 Å². The molecule has 1 aromatic heterocycles. The molecule has 94 valence electrons. The van der Waals surface area contributed by atoms with Crippen LogP contribution < -0.4 is 0 Å². The van der Waals surface area contributed by atoms with Crippen LogP contribution in [0.2, 0.25) is 0 Å². The SMILES string of the molecule is CC(=O)c1cn(CCC(=O)O)c2ccc(F)cc12. The maximum atomic E-state index is 13.2. The highest BCUT2D eigenvalue weighted by atomic mass is 19.1. The van der Waals surface area contributed by atoms with E-state index in [-0.39, 0.29) is 18.7 Å². The third-order valence-corrected chi connectivity index (χ3v) is 2.79. The Morgan fingerprint density at radius 3 is 2.72 bits per heavy atom. The topological polar surface area (TPSA) is 59.3 Å². The van der Waals surface area contributed by atoms with E-state index >= 15 is 0 Å². The molecule has 0 radical (unpaired) electrons. The van der Waals surface area contributed by atoms with Crippen LogP contribution in [0.4, 0.5) is 4.39 Å². The molecule has 4 nitrogen and oxygen atoms in total. The van der Waals surface area contributed by atoms with Gasteiger partial charge in [-0.05, 0) is 25.1 Å². The summed E-state index contributed by atoms with van der Waals surface area (Å²) in [6.45, 7) is 1.66. The highest BCUT2D eigenvalue weighted by molar-refractivity contribution is 6.07. The van der Waals surface area contributed by atoms with Gasteiger partial charge in [0.05, 0.1) is 6.42 Å². The number of ketones is 1. The zero-order valence-corrected chi connectivity index (χ0v) is 9.81. The Kier molecular flexibility index (Phi) is 3.14. The fraction of sp³-hybridized carbons (Fsp3) is 0.231. The van der Waals surface area contributed by atoms with Crippen molar-refractivity contribution in [3.05, 3.63) is 35.8 Å². The summed E-state index contributed by atoms with van der Waals surface area (Å²) in [4.78, 5) is 22.0. The zero-order valence-electron chi connectivity index (χ0n) is 9.81. The number of carbonyl (C=O) groups is 2. The first-order valence-electron chi connectivity index (χ1n) is 5.50. The summed E-state index contributed by atoms with van der Waals surface area (Å²) >= 11 is 0. The summed E-state index contributed by atoms with van der Waals surface area (Å²) in [6.07, 6.45) is 1.54. The van der Waals surface area contributed by atoms with Crippen LogP contribution in [0.1, 0.15) is 23.7 Å². The van der Waals surface area contributed by atoms with Gasteiger partial charge in [0.15, 0.2) is 5.78 Å². The van der Waals surface area contributed by atoms with Crippen molar-refractivity contribution in [1.29, 1.82) is 0 Å². The van der Waals surface area contributed by atoms with Gasteiger partial charge in [0.2, 0.25) is 0 Å². The lowest BCUT2D eigenvalue weighted by atomic mass is 10.1. The Morgan fingerprint density at radius 2 is 2.11 bits per heavy atom. The second-order valence-electron chi connectivity index (χ2n) is 4.10. The lowest BCUT2D eigenvalue weighted by Crippen LogP contribution is -2.03. The molecule has 1 N–H and O–H groups in total. The quantitative estimate of drug-likeness (QED) is 0.847. The third kappa shape index (κ3) is 2.25. The molecule has 0 saturated carbocycles. The molecule has 2 rings (SSSR count). The third-order valence-electron chi connectivity index (χ3n) is 2.79. The van der Waals surface area contributed by atoms with E-state index in [2.05, 4.69) is 0 Å². The average molecular weight is 249 g/mol. The second kappa shape index (κ2) is 4.60. The first-order chi connectivity index (χ1) is 8.49. The average Bonchev–Trinajstić information content (AvgIpc) is 2.64. The van der Waals surface area contributed by atoms with E-state index in [1.165, 1.54) is 19.1 Å². The Bertz CT molecular complexity index is 630. The van der Waals surface area contributed by atoms with Crippen molar-refractivity contribution in [2.75, 3.05) is 0 Å². The molecular formula is C13H12FNO3. The van der Waals surface area contributed by atoms with E-state index in [0.29, 0.717) is 16.5 Å². The standard InChI is InChI=1S/C13H12FNO3/c1-8(16)11-7-15(5-4-13(17)18)12-3-2-9(14)6-10(11)12/h2-3,6-7H,4-5H2,1H3,(H,17,18). The number of carbonyl (C=O) groups excluding carboxylic acids is 1. The molecule has 0 spiro atoms. The van der Waals surface area contributed by atoms with Gasteiger partial charge >= 0.3 is 5.97 Å². The van der Waals surface area contributed by atoms with Crippen LogP contribution in [0.5, 0.6) is 0 Å². The number of Topliss-reactive ketones (excluding diaryl/α,β-unsaturated/α-hetero) is 1. The van der Waals surface area contributed by atoms with Gasteiger partial charge in [0.25, 0.3) is 0 Å². The minimum absolute atomic E-state index is 0.0432. The summed E-state index contributed by atoms with van der Waals surface area (Å²) < 4.78 is 14.9. The first-order valence-corrected chi connectivity index (χ1v) is 5.50.